The molecule has 0 saturated heterocycles. The van der Waals surface area contributed by atoms with Crippen LogP contribution >= 0.6 is 0 Å². The van der Waals surface area contributed by atoms with E-state index in [1.54, 1.807) is 0 Å². The molecule has 0 aromatic carbocycles. The minimum absolute atomic E-state index is 0.403. The number of unbranched alkanes of at least 4 members (excludes halogenated alkanes) is 6. The van der Waals surface area contributed by atoms with E-state index in [0.29, 0.717) is 6.04 Å². The molecule has 0 spiro atoms. The van der Waals surface area contributed by atoms with Gasteiger partial charge in [0.2, 0.25) is 0 Å². The van der Waals surface area contributed by atoms with Crippen LogP contribution in [0.3, 0.4) is 0 Å². The number of aryl methyl sites for hydroxylation is 1. The zero-order chi connectivity index (χ0) is 14.6. The summed E-state index contributed by atoms with van der Waals surface area (Å²) in [7, 11) is 0. The van der Waals surface area contributed by atoms with Crippen molar-refractivity contribution in [2.24, 2.45) is 0 Å². The summed E-state index contributed by atoms with van der Waals surface area (Å²) < 4.78 is 5.67. The Morgan fingerprint density at radius 3 is 2.30 bits per heavy atom. The van der Waals surface area contributed by atoms with Crippen LogP contribution in [0.2, 0.25) is 0 Å². The number of furan rings is 1. The number of hydrogen-bond acceptors (Lipinski definition) is 2. The van der Waals surface area contributed by atoms with Crippen LogP contribution in [0.15, 0.2) is 16.7 Å². The Kier molecular flexibility index (Phi) is 9.48. The predicted octanol–water partition coefficient (Wildman–Crippen LogP) is 5.77. The lowest BCUT2D eigenvalue weighted by molar-refractivity contribution is 0.381. The molecule has 1 unspecified atom stereocenters. The lowest BCUT2D eigenvalue weighted by atomic mass is 10.0. The summed E-state index contributed by atoms with van der Waals surface area (Å²) in [6, 6.07) is 2.47. The fraction of sp³-hybridized carbons (Fsp3) is 0.778. The van der Waals surface area contributed by atoms with Crippen molar-refractivity contribution < 1.29 is 4.42 Å². The second kappa shape index (κ2) is 11.0. The van der Waals surface area contributed by atoms with Crippen LogP contribution in [0.25, 0.3) is 0 Å². The highest BCUT2D eigenvalue weighted by molar-refractivity contribution is 5.18. The van der Waals surface area contributed by atoms with Crippen molar-refractivity contribution in [1.29, 1.82) is 0 Å². The van der Waals surface area contributed by atoms with Gasteiger partial charge in [-0.25, -0.2) is 0 Å². The van der Waals surface area contributed by atoms with E-state index in [-0.39, 0.29) is 0 Å². The summed E-state index contributed by atoms with van der Waals surface area (Å²) in [5.74, 6) is 1.14. The third-order valence-electron chi connectivity index (χ3n) is 3.96. The lowest BCUT2D eigenvalue weighted by Gasteiger charge is -2.17. The normalized spacial score (nSPS) is 12.8. The van der Waals surface area contributed by atoms with Crippen LogP contribution in [0.1, 0.15) is 89.0 Å². The predicted molar refractivity (Wildman–Crippen MR) is 87.1 cm³/mol. The highest BCUT2D eigenvalue weighted by Gasteiger charge is 2.15. The van der Waals surface area contributed by atoms with E-state index in [2.05, 4.69) is 32.2 Å². The first kappa shape index (κ1) is 17.3. The first-order chi connectivity index (χ1) is 9.79. The molecule has 1 atom stereocenters. The number of rotatable bonds is 12. The Bertz CT molecular complexity index is 332. The van der Waals surface area contributed by atoms with Crippen molar-refractivity contribution in [2.75, 3.05) is 6.54 Å². The summed E-state index contributed by atoms with van der Waals surface area (Å²) in [6.45, 7) is 7.70. The second-order valence-corrected chi connectivity index (χ2v) is 5.88. The van der Waals surface area contributed by atoms with Gasteiger partial charge in [-0.2, -0.15) is 0 Å². The Balaban J connectivity index is 2.26. The van der Waals surface area contributed by atoms with Gasteiger partial charge in [-0.05, 0) is 37.9 Å². The minimum Gasteiger partial charge on any atom is -0.467 e. The van der Waals surface area contributed by atoms with Crippen LogP contribution in [0, 0.1) is 6.92 Å². The first-order valence-corrected chi connectivity index (χ1v) is 8.57. The zero-order valence-electron chi connectivity index (χ0n) is 13.7. The van der Waals surface area contributed by atoms with Crippen molar-refractivity contribution in [3.8, 4) is 0 Å². The van der Waals surface area contributed by atoms with Crippen molar-refractivity contribution in [3.63, 3.8) is 0 Å². The standard InChI is InChI=1S/C18H33NO/c1-4-6-7-8-9-10-11-12-17(19-14-5-2)18-16(3)13-15-20-18/h13,15,17,19H,4-12,14H2,1-3H3. The molecule has 1 rings (SSSR count). The molecule has 1 aromatic heterocycles. The smallest absolute Gasteiger partial charge is 0.123 e. The van der Waals surface area contributed by atoms with Gasteiger partial charge in [0, 0.05) is 0 Å². The summed E-state index contributed by atoms with van der Waals surface area (Å²) >= 11 is 0. The zero-order valence-corrected chi connectivity index (χ0v) is 13.7. The van der Waals surface area contributed by atoms with Crippen LogP contribution in [0.4, 0.5) is 0 Å². The largest absolute Gasteiger partial charge is 0.467 e. The molecule has 0 aliphatic heterocycles. The van der Waals surface area contributed by atoms with Crippen molar-refractivity contribution in [3.05, 3.63) is 23.7 Å². The van der Waals surface area contributed by atoms with Crippen molar-refractivity contribution in [1.82, 2.24) is 5.32 Å². The monoisotopic (exact) mass is 279 g/mol. The third kappa shape index (κ3) is 6.60. The third-order valence-corrected chi connectivity index (χ3v) is 3.96. The minimum atomic E-state index is 0.403. The van der Waals surface area contributed by atoms with E-state index in [9.17, 15) is 0 Å². The molecule has 0 fully saturated rings. The number of hydrogen-bond donors (Lipinski definition) is 1. The van der Waals surface area contributed by atoms with Gasteiger partial charge in [0.05, 0.1) is 12.3 Å². The average molecular weight is 279 g/mol. The van der Waals surface area contributed by atoms with Gasteiger partial charge in [0.25, 0.3) is 0 Å². The topological polar surface area (TPSA) is 25.2 Å². The van der Waals surface area contributed by atoms with E-state index >= 15 is 0 Å². The fourth-order valence-electron chi connectivity index (χ4n) is 2.69. The van der Waals surface area contributed by atoms with E-state index < -0.39 is 0 Å². The first-order valence-electron chi connectivity index (χ1n) is 8.57. The maximum absolute atomic E-state index is 5.67. The molecule has 0 aliphatic carbocycles. The van der Waals surface area contributed by atoms with Gasteiger partial charge >= 0.3 is 0 Å². The summed E-state index contributed by atoms with van der Waals surface area (Å²) in [6.07, 6.45) is 13.8. The Hall–Kier alpha value is -0.760. The van der Waals surface area contributed by atoms with Crippen LogP contribution in [-0.2, 0) is 0 Å². The summed E-state index contributed by atoms with van der Waals surface area (Å²) in [4.78, 5) is 0. The van der Waals surface area contributed by atoms with Gasteiger partial charge in [-0.15, -0.1) is 0 Å². The van der Waals surface area contributed by atoms with E-state index in [1.165, 1.54) is 63.4 Å². The average Bonchev–Trinajstić information content (AvgIpc) is 2.87. The molecule has 0 amide bonds. The Labute approximate surface area is 125 Å². The van der Waals surface area contributed by atoms with Crippen molar-refractivity contribution in [2.45, 2.75) is 84.6 Å². The van der Waals surface area contributed by atoms with Gasteiger partial charge in [-0.3, -0.25) is 0 Å². The highest BCUT2D eigenvalue weighted by atomic mass is 16.3. The molecule has 0 radical (unpaired) electrons. The molecule has 1 aromatic rings. The SMILES string of the molecule is CCCCCCCCCC(NCCC)c1occc1C. The molecule has 2 nitrogen and oxygen atoms in total. The molecule has 0 saturated carbocycles. The molecule has 0 aliphatic rings. The maximum atomic E-state index is 5.67. The summed E-state index contributed by atoms with van der Waals surface area (Å²) in [5.41, 5.74) is 1.28. The quantitative estimate of drug-likeness (QED) is 0.491. The van der Waals surface area contributed by atoms with Gasteiger partial charge in [0.15, 0.2) is 0 Å². The lowest BCUT2D eigenvalue weighted by Crippen LogP contribution is -2.22. The molecule has 2 heteroatoms. The molecule has 1 heterocycles. The van der Waals surface area contributed by atoms with Crippen molar-refractivity contribution >= 4 is 0 Å². The second-order valence-electron chi connectivity index (χ2n) is 5.88. The fourth-order valence-corrected chi connectivity index (χ4v) is 2.69. The van der Waals surface area contributed by atoms with Gasteiger partial charge < -0.3 is 9.73 Å². The van der Waals surface area contributed by atoms with Crippen LogP contribution < -0.4 is 5.32 Å². The Morgan fingerprint density at radius 1 is 1.00 bits per heavy atom. The molecule has 116 valence electrons. The molecule has 20 heavy (non-hydrogen) atoms. The Morgan fingerprint density at radius 2 is 1.70 bits per heavy atom. The van der Waals surface area contributed by atoms with Gasteiger partial charge in [0.1, 0.15) is 5.76 Å². The van der Waals surface area contributed by atoms with E-state index in [4.69, 9.17) is 4.42 Å². The maximum Gasteiger partial charge on any atom is 0.123 e. The van der Waals surface area contributed by atoms with Crippen LogP contribution in [-0.4, -0.2) is 6.54 Å². The number of nitrogens with one attached hydrogen (secondary N) is 1. The van der Waals surface area contributed by atoms with Crippen LogP contribution in [0.5, 0.6) is 0 Å². The van der Waals surface area contributed by atoms with E-state index in [0.717, 1.165) is 12.3 Å². The van der Waals surface area contributed by atoms with Gasteiger partial charge in [-0.1, -0.05) is 58.8 Å². The molecule has 0 bridgehead atoms. The molecular weight excluding hydrogens is 246 g/mol. The molecule has 1 N–H and O–H groups in total. The highest BCUT2D eigenvalue weighted by Crippen LogP contribution is 2.24. The summed E-state index contributed by atoms with van der Waals surface area (Å²) in [5, 5.41) is 3.63. The van der Waals surface area contributed by atoms with E-state index in [1.807, 2.05) is 6.26 Å². The molecular formula is C18H33NO.